The zero-order chi connectivity index (χ0) is 21.2. The second-order valence-electron chi connectivity index (χ2n) is 6.53. The van der Waals surface area contributed by atoms with Gasteiger partial charge in [-0.1, -0.05) is 25.1 Å². The SMILES string of the molecule is C[C@@H](CC/C=C/C(=O)O)[C@@H](OC(=O)Nc1ccc(C#N)cc1)c1ccc(O)cc1. The zero-order valence-electron chi connectivity index (χ0n) is 15.9. The molecule has 2 aromatic carbocycles. The molecular formula is C22H22N2O5. The van der Waals surface area contributed by atoms with Crippen LogP contribution in [0, 0.1) is 17.2 Å². The van der Waals surface area contributed by atoms with Crippen molar-refractivity contribution in [3.63, 3.8) is 0 Å². The molecule has 7 nitrogen and oxygen atoms in total. The van der Waals surface area contributed by atoms with E-state index in [1.54, 1.807) is 42.5 Å². The van der Waals surface area contributed by atoms with E-state index < -0.39 is 18.2 Å². The second-order valence-corrected chi connectivity index (χ2v) is 6.53. The van der Waals surface area contributed by atoms with E-state index >= 15 is 0 Å². The Morgan fingerprint density at radius 1 is 1.17 bits per heavy atom. The van der Waals surface area contributed by atoms with E-state index in [4.69, 9.17) is 15.1 Å². The van der Waals surface area contributed by atoms with Crippen molar-refractivity contribution in [2.75, 3.05) is 5.32 Å². The molecule has 2 rings (SSSR count). The molecule has 2 atom stereocenters. The number of hydrogen-bond acceptors (Lipinski definition) is 5. The van der Waals surface area contributed by atoms with Gasteiger partial charge in [0.2, 0.25) is 0 Å². The van der Waals surface area contributed by atoms with Crippen LogP contribution in [0.4, 0.5) is 10.5 Å². The van der Waals surface area contributed by atoms with Crippen molar-refractivity contribution in [2.45, 2.75) is 25.9 Å². The molecule has 3 N–H and O–H groups in total. The third kappa shape index (κ3) is 7.03. The average molecular weight is 394 g/mol. The molecule has 0 unspecified atom stereocenters. The standard InChI is InChI=1S/C22H22N2O5/c1-15(4-2-3-5-20(26)27)21(17-8-12-19(25)13-9-17)29-22(28)24-18-10-6-16(14-23)7-11-18/h3,5-13,15,21,25H,2,4H2,1H3,(H,24,28)(H,26,27)/b5-3+/t15-,21+/m0/s1. The molecule has 0 aliphatic carbocycles. The monoisotopic (exact) mass is 394 g/mol. The van der Waals surface area contributed by atoms with Crippen molar-refractivity contribution in [3.8, 4) is 11.8 Å². The number of carboxylic acid groups (broad SMARTS) is 1. The van der Waals surface area contributed by atoms with E-state index in [0.717, 1.165) is 6.08 Å². The van der Waals surface area contributed by atoms with Crippen molar-refractivity contribution in [2.24, 2.45) is 5.92 Å². The van der Waals surface area contributed by atoms with Gasteiger partial charge in [-0.05, 0) is 60.7 Å². The summed E-state index contributed by atoms with van der Waals surface area (Å²) in [5, 5.41) is 29.7. The van der Waals surface area contributed by atoms with Gasteiger partial charge < -0.3 is 14.9 Å². The van der Waals surface area contributed by atoms with Crippen LogP contribution >= 0.6 is 0 Å². The van der Waals surface area contributed by atoms with Gasteiger partial charge in [-0.3, -0.25) is 5.32 Å². The molecule has 0 heterocycles. The van der Waals surface area contributed by atoms with Crippen LogP contribution < -0.4 is 5.32 Å². The number of benzene rings is 2. The van der Waals surface area contributed by atoms with Crippen molar-refractivity contribution in [3.05, 3.63) is 71.8 Å². The minimum absolute atomic E-state index is 0.103. The lowest BCUT2D eigenvalue weighted by atomic mass is 9.93. The maximum absolute atomic E-state index is 12.4. The van der Waals surface area contributed by atoms with Crippen molar-refractivity contribution in [1.82, 2.24) is 0 Å². The van der Waals surface area contributed by atoms with Crippen LogP contribution in [-0.2, 0) is 9.53 Å². The highest BCUT2D eigenvalue weighted by atomic mass is 16.6. The minimum atomic E-state index is -1.01. The second kappa shape index (κ2) is 10.5. The number of nitrogens with zero attached hydrogens (tertiary/aromatic N) is 1. The zero-order valence-corrected chi connectivity index (χ0v) is 15.9. The van der Waals surface area contributed by atoms with Gasteiger partial charge in [0.05, 0.1) is 11.6 Å². The molecule has 1 amide bonds. The number of ether oxygens (including phenoxy) is 1. The number of carbonyl (C=O) groups excluding carboxylic acids is 1. The predicted molar refractivity (Wildman–Crippen MR) is 107 cm³/mol. The number of carboxylic acids is 1. The topological polar surface area (TPSA) is 120 Å². The van der Waals surface area contributed by atoms with E-state index in [1.807, 2.05) is 13.0 Å². The Bertz CT molecular complexity index is 898. The van der Waals surface area contributed by atoms with Crippen LogP contribution in [0.3, 0.4) is 0 Å². The fourth-order valence-electron chi connectivity index (χ4n) is 2.76. The Hall–Kier alpha value is -3.79. The molecule has 0 saturated carbocycles. The molecule has 0 aromatic heterocycles. The summed E-state index contributed by atoms with van der Waals surface area (Å²) in [6.07, 6.45) is 2.51. The molecule has 29 heavy (non-hydrogen) atoms. The number of amides is 1. The number of nitrogens with one attached hydrogen (secondary N) is 1. The fraction of sp³-hybridized carbons (Fsp3) is 0.227. The molecule has 0 aliphatic heterocycles. The average Bonchev–Trinajstić information content (AvgIpc) is 2.70. The Kier molecular flexibility index (Phi) is 7.80. The lowest BCUT2D eigenvalue weighted by molar-refractivity contribution is -0.131. The summed E-state index contributed by atoms with van der Waals surface area (Å²) in [6, 6.07) is 14.8. The van der Waals surface area contributed by atoms with Gasteiger partial charge in [0, 0.05) is 11.8 Å². The first-order chi connectivity index (χ1) is 13.9. The van der Waals surface area contributed by atoms with Gasteiger partial charge in [0.15, 0.2) is 0 Å². The van der Waals surface area contributed by atoms with E-state index in [9.17, 15) is 14.7 Å². The Morgan fingerprint density at radius 2 is 1.83 bits per heavy atom. The Labute approximate surface area is 168 Å². The summed E-state index contributed by atoms with van der Waals surface area (Å²) in [5.41, 5.74) is 1.69. The number of carbonyl (C=O) groups is 2. The lowest BCUT2D eigenvalue weighted by Crippen LogP contribution is -2.22. The maximum atomic E-state index is 12.4. The normalized spacial score (nSPS) is 12.7. The number of aliphatic carboxylic acids is 1. The molecule has 7 heteroatoms. The number of allylic oxidation sites excluding steroid dienone is 1. The predicted octanol–water partition coefficient (Wildman–Crippen LogP) is 4.61. The number of nitriles is 1. The molecule has 0 fully saturated rings. The Balaban J connectivity index is 2.09. The third-order valence-electron chi connectivity index (χ3n) is 4.28. The molecule has 2 aromatic rings. The largest absolute Gasteiger partial charge is 0.508 e. The number of phenols is 1. The summed E-state index contributed by atoms with van der Waals surface area (Å²) < 4.78 is 5.64. The molecule has 0 aliphatic rings. The van der Waals surface area contributed by atoms with Gasteiger partial charge >= 0.3 is 12.1 Å². The van der Waals surface area contributed by atoms with Crippen LogP contribution in [0.15, 0.2) is 60.7 Å². The number of hydrogen-bond donors (Lipinski definition) is 3. The van der Waals surface area contributed by atoms with Crippen LogP contribution in [-0.4, -0.2) is 22.3 Å². The van der Waals surface area contributed by atoms with Gasteiger partial charge in [-0.15, -0.1) is 0 Å². The Morgan fingerprint density at radius 3 is 2.41 bits per heavy atom. The molecule has 0 radical (unpaired) electrons. The van der Waals surface area contributed by atoms with E-state index in [1.165, 1.54) is 12.1 Å². The van der Waals surface area contributed by atoms with E-state index in [2.05, 4.69) is 5.32 Å². The summed E-state index contributed by atoms with van der Waals surface area (Å²) >= 11 is 0. The third-order valence-corrected chi connectivity index (χ3v) is 4.28. The quantitative estimate of drug-likeness (QED) is 0.562. The van der Waals surface area contributed by atoms with Crippen LogP contribution in [0.2, 0.25) is 0 Å². The number of aromatic hydroxyl groups is 1. The highest BCUT2D eigenvalue weighted by Crippen LogP contribution is 2.31. The van der Waals surface area contributed by atoms with Crippen molar-refractivity contribution < 1.29 is 24.5 Å². The molecule has 150 valence electrons. The van der Waals surface area contributed by atoms with Gasteiger partial charge in [-0.25, -0.2) is 9.59 Å². The highest BCUT2D eigenvalue weighted by molar-refractivity contribution is 5.84. The number of rotatable bonds is 8. The lowest BCUT2D eigenvalue weighted by Gasteiger charge is -2.24. The van der Waals surface area contributed by atoms with Crippen LogP contribution in [0.25, 0.3) is 0 Å². The van der Waals surface area contributed by atoms with Crippen molar-refractivity contribution >= 4 is 17.7 Å². The first-order valence-electron chi connectivity index (χ1n) is 9.05. The first-order valence-corrected chi connectivity index (χ1v) is 9.05. The number of phenolic OH excluding ortho intramolecular Hbond substituents is 1. The van der Waals surface area contributed by atoms with E-state index in [0.29, 0.717) is 29.7 Å². The molecule has 0 saturated heterocycles. The summed E-state index contributed by atoms with van der Waals surface area (Å²) in [5.74, 6) is -1.01. The summed E-state index contributed by atoms with van der Waals surface area (Å²) in [7, 11) is 0. The van der Waals surface area contributed by atoms with Crippen LogP contribution in [0.1, 0.15) is 37.0 Å². The summed E-state index contributed by atoms with van der Waals surface area (Å²) in [4.78, 5) is 23.0. The van der Waals surface area contributed by atoms with Gasteiger partial charge in [-0.2, -0.15) is 5.26 Å². The van der Waals surface area contributed by atoms with Crippen molar-refractivity contribution in [1.29, 1.82) is 5.26 Å². The summed E-state index contributed by atoms with van der Waals surface area (Å²) in [6.45, 7) is 1.90. The molecule has 0 bridgehead atoms. The molecule has 0 spiro atoms. The van der Waals surface area contributed by atoms with Gasteiger partial charge in [0.25, 0.3) is 0 Å². The first kappa shape index (κ1) is 21.5. The van der Waals surface area contributed by atoms with E-state index in [-0.39, 0.29) is 11.7 Å². The fourth-order valence-corrected chi connectivity index (χ4v) is 2.76. The highest BCUT2D eigenvalue weighted by Gasteiger charge is 2.23. The number of anilines is 1. The van der Waals surface area contributed by atoms with Crippen LogP contribution in [0.5, 0.6) is 5.75 Å². The molecular weight excluding hydrogens is 372 g/mol. The maximum Gasteiger partial charge on any atom is 0.412 e. The minimum Gasteiger partial charge on any atom is -0.508 e. The van der Waals surface area contributed by atoms with Gasteiger partial charge in [0.1, 0.15) is 11.9 Å². The smallest absolute Gasteiger partial charge is 0.412 e.